The smallest absolute Gasteiger partial charge is 0.355 e. The Kier molecular flexibility index (Phi) is 8.86. The molecule has 234 valence electrons. The first-order valence-electron chi connectivity index (χ1n) is 15.0. The van der Waals surface area contributed by atoms with Gasteiger partial charge in [0.2, 0.25) is 10.0 Å². The molecule has 5 aromatic rings. The lowest BCUT2D eigenvalue weighted by Crippen LogP contribution is -2.52. The number of rotatable bonds is 10. The average Bonchev–Trinajstić information content (AvgIpc) is 3.38. The Hall–Kier alpha value is -4.29. The fourth-order valence-electron chi connectivity index (χ4n) is 5.90. The number of fused-ring (bicyclic) bond motifs is 2. The highest BCUT2D eigenvalue weighted by atomic mass is 32.2. The Morgan fingerprint density at radius 2 is 1.76 bits per heavy atom. The highest BCUT2D eigenvalue weighted by molar-refractivity contribution is 7.91. The van der Waals surface area contributed by atoms with E-state index in [9.17, 15) is 13.2 Å². The number of piperazine rings is 1. The Morgan fingerprint density at radius 3 is 2.56 bits per heavy atom. The number of nitrogens with zero attached hydrogens (tertiary/aromatic N) is 4. The third-order valence-corrected chi connectivity index (χ3v) is 9.62. The first kappa shape index (κ1) is 30.7. The number of carbonyl (C=O) groups is 1. The number of pyridine rings is 1. The number of anilines is 1. The molecule has 1 aliphatic rings. The Morgan fingerprint density at radius 1 is 0.978 bits per heavy atom. The lowest BCUT2D eigenvalue weighted by molar-refractivity contribution is 0.0225. The van der Waals surface area contributed by atoms with Gasteiger partial charge >= 0.3 is 5.97 Å². The van der Waals surface area contributed by atoms with Crippen LogP contribution in [0, 0.1) is 0 Å². The number of sulfonamides is 1. The summed E-state index contributed by atoms with van der Waals surface area (Å²) in [7, 11) is 0.427. The zero-order chi connectivity index (χ0) is 31.6. The van der Waals surface area contributed by atoms with Crippen LogP contribution in [0.1, 0.15) is 27.3 Å². The number of ether oxygens (including phenoxy) is 1. The summed E-state index contributed by atoms with van der Waals surface area (Å²) in [6.45, 7) is 3.47. The van der Waals surface area contributed by atoms with Crippen molar-refractivity contribution in [3.05, 3.63) is 107 Å². The Balaban J connectivity index is 1.36. The molecule has 0 bridgehead atoms. The average molecular weight is 627 g/mol. The lowest BCUT2D eigenvalue weighted by atomic mass is 10.0. The number of nitrogens with two attached hydrogens (primary N) is 1. The van der Waals surface area contributed by atoms with Gasteiger partial charge in [-0.05, 0) is 66.3 Å². The van der Waals surface area contributed by atoms with Gasteiger partial charge in [-0.2, -0.15) is 0 Å². The minimum atomic E-state index is -3.69. The van der Waals surface area contributed by atoms with Gasteiger partial charge in [-0.1, -0.05) is 54.6 Å². The second-order valence-corrected chi connectivity index (χ2v) is 13.5. The molecule has 3 aromatic carbocycles. The first-order valence-corrected chi connectivity index (χ1v) is 16.7. The van der Waals surface area contributed by atoms with Crippen molar-refractivity contribution in [2.24, 2.45) is 5.73 Å². The van der Waals surface area contributed by atoms with Crippen molar-refractivity contribution in [2.75, 3.05) is 45.1 Å². The fourth-order valence-corrected chi connectivity index (χ4v) is 7.08. The molecule has 10 nitrogen and oxygen atoms in total. The van der Waals surface area contributed by atoms with Crippen molar-refractivity contribution < 1.29 is 17.9 Å². The second kappa shape index (κ2) is 13.0. The van der Waals surface area contributed by atoms with Crippen molar-refractivity contribution in [3.8, 4) is 0 Å². The molecule has 1 saturated heterocycles. The van der Waals surface area contributed by atoms with Crippen LogP contribution >= 0.6 is 0 Å². The normalized spacial score (nSPS) is 16.3. The van der Waals surface area contributed by atoms with E-state index in [1.807, 2.05) is 78.3 Å². The largest absolute Gasteiger partial charge is 0.459 e. The van der Waals surface area contributed by atoms with Gasteiger partial charge in [-0.25, -0.2) is 18.2 Å². The van der Waals surface area contributed by atoms with Crippen LogP contribution in [0.4, 0.5) is 5.69 Å². The number of aromatic nitrogens is 2. The SMILES string of the molecule is CN1CCN(C)[C@@H](COC(=O)c2cc3ccc(CN)nc3n2Cc2cc(NS(=O)(=O)Cc3ccccc3)cc3ccccc23)C1. The van der Waals surface area contributed by atoms with Crippen molar-refractivity contribution in [1.82, 2.24) is 19.4 Å². The van der Waals surface area contributed by atoms with Gasteiger partial charge in [0.05, 0.1) is 24.0 Å². The van der Waals surface area contributed by atoms with Crippen LogP contribution in [-0.4, -0.2) is 80.1 Å². The van der Waals surface area contributed by atoms with Crippen molar-refractivity contribution >= 4 is 43.5 Å². The van der Waals surface area contributed by atoms with Crippen molar-refractivity contribution in [3.63, 3.8) is 0 Å². The molecule has 11 heteroatoms. The standard InChI is InChI=1S/C34H38N6O4S/c1-38-14-15-39(2)30(21-38)22-44-34(41)32-18-26-12-13-28(19-35)36-33(26)40(32)20-27-17-29(16-25-10-6-7-11-31(25)27)37-45(42,43)23-24-8-4-3-5-9-24/h3-13,16-18,30,37H,14-15,19-23,35H2,1-2H3/t30-/m1/s1. The molecule has 0 radical (unpaired) electrons. The molecule has 0 aliphatic carbocycles. The third kappa shape index (κ3) is 7.02. The predicted molar refractivity (Wildman–Crippen MR) is 178 cm³/mol. The first-order chi connectivity index (χ1) is 21.7. The summed E-state index contributed by atoms with van der Waals surface area (Å²) in [5.41, 5.74) is 9.58. The molecule has 1 fully saturated rings. The third-order valence-electron chi connectivity index (χ3n) is 8.36. The number of benzene rings is 3. The highest BCUT2D eigenvalue weighted by Gasteiger charge is 2.26. The molecule has 1 aliphatic heterocycles. The number of nitrogens with one attached hydrogen (secondary N) is 1. The number of carbonyl (C=O) groups excluding carboxylic acids is 1. The van der Waals surface area contributed by atoms with Crippen LogP contribution in [0.25, 0.3) is 21.8 Å². The van der Waals surface area contributed by atoms with Gasteiger partial charge in [-0.3, -0.25) is 9.62 Å². The van der Waals surface area contributed by atoms with E-state index < -0.39 is 16.0 Å². The van der Waals surface area contributed by atoms with Gasteiger partial charge in [0, 0.05) is 37.3 Å². The predicted octanol–water partition coefficient (Wildman–Crippen LogP) is 4.04. The maximum absolute atomic E-state index is 13.7. The molecule has 6 rings (SSSR count). The summed E-state index contributed by atoms with van der Waals surface area (Å²) in [5.74, 6) is -0.584. The van der Waals surface area contributed by atoms with E-state index in [1.54, 1.807) is 18.2 Å². The molecule has 3 N–H and O–H groups in total. The van der Waals surface area contributed by atoms with E-state index in [-0.39, 0.29) is 31.5 Å². The summed E-state index contributed by atoms with van der Waals surface area (Å²) in [6.07, 6.45) is 0. The summed E-state index contributed by atoms with van der Waals surface area (Å²) in [4.78, 5) is 22.9. The molecule has 45 heavy (non-hydrogen) atoms. The number of likely N-dealkylation sites (N-methyl/N-ethyl adjacent to an activating group) is 2. The number of hydrogen-bond donors (Lipinski definition) is 2. The van der Waals surface area contributed by atoms with Crippen LogP contribution in [-0.2, 0) is 33.6 Å². The molecular weight excluding hydrogens is 588 g/mol. The quantitative estimate of drug-likeness (QED) is 0.223. The fraction of sp³-hybridized carbons (Fsp3) is 0.294. The van der Waals surface area contributed by atoms with Crippen LogP contribution in [0.3, 0.4) is 0 Å². The van der Waals surface area contributed by atoms with Gasteiger partial charge in [0.25, 0.3) is 0 Å². The summed E-state index contributed by atoms with van der Waals surface area (Å²) >= 11 is 0. The number of esters is 1. The Bertz CT molecular complexity index is 1940. The van der Waals surface area contributed by atoms with Crippen LogP contribution in [0.15, 0.2) is 84.9 Å². The van der Waals surface area contributed by atoms with Gasteiger partial charge in [-0.15, -0.1) is 0 Å². The monoisotopic (exact) mass is 626 g/mol. The van der Waals surface area contributed by atoms with Crippen LogP contribution in [0.5, 0.6) is 0 Å². The minimum Gasteiger partial charge on any atom is -0.459 e. The molecule has 0 amide bonds. The lowest BCUT2D eigenvalue weighted by Gasteiger charge is -2.37. The maximum Gasteiger partial charge on any atom is 0.355 e. The summed E-state index contributed by atoms with van der Waals surface area (Å²) in [5, 5.41) is 2.59. The zero-order valence-electron chi connectivity index (χ0n) is 25.5. The molecule has 0 spiro atoms. The van der Waals surface area contributed by atoms with Gasteiger partial charge in [0.1, 0.15) is 17.9 Å². The van der Waals surface area contributed by atoms with E-state index in [1.165, 1.54) is 0 Å². The molecule has 0 saturated carbocycles. The molecule has 1 atom stereocenters. The van der Waals surface area contributed by atoms with E-state index in [0.717, 1.165) is 41.4 Å². The van der Waals surface area contributed by atoms with Crippen LogP contribution in [0.2, 0.25) is 0 Å². The Labute approximate surface area is 263 Å². The molecule has 0 unspecified atom stereocenters. The summed E-state index contributed by atoms with van der Waals surface area (Å²) in [6, 6.07) is 26.2. The van der Waals surface area contributed by atoms with E-state index in [4.69, 9.17) is 15.5 Å². The maximum atomic E-state index is 13.7. The molecule has 2 aromatic heterocycles. The van der Waals surface area contributed by atoms with Gasteiger partial charge in [0.15, 0.2) is 0 Å². The number of hydrogen-bond acceptors (Lipinski definition) is 8. The molecule has 3 heterocycles. The van der Waals surface area contributed by atoms with Crippen molar-refractivity contribution in [2.45, 2.75) is 24.9 Å². The minimum absolute atomic E-state index is 0.0945. The van der Waals surface area contributed by atoms with E-state index in [0.29, 0.717) is 28.3 Å². The van der Waals surface area contributed by atoms with E-state index >= 15 is 0 Å². The zero-order valence-corrected chi connectivity index (χ0v) is 26.3. The topological polar surface area (TPSA) is 123 Å². The van der Waals surface area contributed by atoms with Crippen molar-refractivity contribution in [1.29, 1.82) is 0 Å². The van der Waals surface area contributed by atoms with Crippen LogP contribution < -0.4 is 10.5 Å². The van der Waals surface area contributed by atoms with E-state index in [2.05, 4.69) is 21.6 Å². The second-order valence-electron chi connectivity index (χ2n) is 11.7. The molecular formula is C34H38N6O4S. The summed E-state index contributed by atoms with van der Waals surface area (Å²) < 4.78 is 36.8. The highest BCUT2D eigenvalue weighted by Crippen LogP contribution is 2.29. The van der Waals surface area contributed by atoms with Gasteiger partial charge < -0.3 is 19.9 Å².